The highest BCUT2D eigenvalue weighted by Crippen LogP contribution is 2.30. The second-order valence-corrected chi connectivity index (χ2v) is 5.70. The fourth-order valence-electron chi connectivity index (χ4n) is 3.03. The Labute approximate surface area is 108 Å². The highest BCUT2D eigenvalue weighted by Gasteiger charge is 2.17. The summed E-state index contributed by atoms with van der Waals surface area (Å²) in [6.07, 6.45) is 7.26. The van der Waals surface area contributed by atoms with E-state index in [4.69, 9.17) is 0 Å². The molecule has 0 aliphatic heterocycles. The minimum atomic E-state index is 0.976. The lowest BCUT2D eigenvalue weighted by Crippen LogP contribution is -2.32. The van der Waals surface area contributed by atoms with E-state index >= 15 is 0 Å². The van der Waals surface area contributed by atoms with Gasteiger partial charge in [-0.2, -0.15) is 0 Å². The Morgan fingerprint density at radius 3 is 2.53 bits per heavy atom. The number of nitrogens with one attached hydrogen (secondary N) is 1. The maximum Gasteiger partial charge on any atom is 0.0107 e. The second-order valence-electron chi connectivity index (χ2n) is 5.70. The van der Waals surface area contributed by atoms with Gasteiger partial charge >= 0.3 is 0 Å². The maximum atomic E-state index is 3.60. The lowest BCUT2D eigenvalue weighted by Gasteiger charge is -2.26. The lowest BCUT2D eigenvalue weighted by molar-refractivity contribution is 0.263. The molecule has 102 valence electrons. The molecule has 0 bridgehead atoms. The average molecular weight is 240 g/mol. The summed E-state index contributed by atoms with van der Waals surface area (Å²) in [6, 6.07) is 0. The van der Waals surface area contributed by atoms with Gasteiger partial charge in [0.1, 0.15) is 0 Å². The molecule has 2 heteroatoms. The molecular formula is C15H32N2. The lowest BCUT2D eigenvalue weighted by atomic mass is 9.81. The Morgan fingerprint density at radius 2 is 1.88 bits per heavy atom. The van der Waals surface area contributed by atoms with Crippen molar-refractivity contribution in [3.63, 3.8) is 0 Å². The van der Waals surface area contributed by atoms with Gasteiger partial charge in [-0.3, -0.25) is 0 Å². The third-order valence-corrected chi connectivity index (χ3v) is 4.27. The van der Waals surface area contributed by atoms with E-state index in [1.807, 2.05) is 0 Å². The third-order valence-electron chi connectivity index (χ3n) is 4.27. The van der Waals surface area contributed by atoms with Crippen LogP contribution in [0.4, 0.5) is 0 Å². The van der Waals surface area contributed by atoms with Gasteiger partial charge < -0.3 is 10.2 Å². The normalized spacial score (nSPS) is 25.4. The zero-order valence-electron chi connectivity index (χ0n) is 12.2. The monoisotopic (exact) mass is 240 g/mol. The van der Waals surface area contributed by atoms with Crippen LogP contribution in [-0.4, -0.2) is 37.6 Å². The van der Waals surface area contributed by atoms with Gasteiger partial charge in [0, 0.05) is 13.1 Å². The van der Waals surface area contributed by atoms with Gasteiger partial charge in [0.05, 0.1) is 0 Å². The molecule has 17 heavy (non-hydrogen) atoms. The van der Waals surface area contributed by atoms with Crippen molar-refractivity contribution >= 4 is 0 Å². The Balaban J connectivity index is 1.96. The van der Waals surface area contributed by atoms with E-state index in [2.05, 4.69) is 31.0 Å². The highest BCUT2D eigenvalue weighted by atomic mass is 15.1. The smallest absolute Gasteiger partial charge is 0.0107 e. The van der Waals surface area contributed by atoms with Gasteiger partial charge in [0.15, 0.2) is 0 Å². The summed E-state index contributed by atoms with van der Waals surface area (Å²) in [7, 11) is 0. The van der Waals surface area contributed by atoms with Crippen LogP contribution in [0.2, 0.25) is 0 Å². The standard InChI is InChI=1S/C15H32N2/c1-4-17(5-2)12-11-16-10-9-15-8-6-7-14(3)13-15/h14-16H,4-13H2,1-3H3. The van der Waals surface area contributed by atoms with E-state index in [9.17, 15) is 0 Å². The summed E-state index contributed by atoms with van der Waals surface area (Å²) in [5, 5.41) is 3.60. The summed E-state index contributed by atoms with van der Waals surface area (Å²) in [4.78, 5) is 2.48. The fraction of sp³-hybridized carbons (Fsp3) is 1.00. The molecule has 0 aromatic carbocycles. The first-order valence-corrected chi connectivity index (χ1v) is 7.69. The quantitative estimate of drug-likeness (QED) is 0.656. The minimum absolute atomic E-state index is 0.976. The molecule has 1 aliphatic carbocycles. The molecule has 0 heterocycles. The fourth-order valence-corrected chi connectivity index (χ4v) is 3.03. The van der Waals surface area contributed by atoms with Crippen LogP contribution >= 0.6 is 0 Å². The zero-order valence-corrected chi connectivity index (χ0v) is 12.2. The SMILES string of the molecule is CCN(CC)CCNCCC1CCCC(C)C1. The minimum Gasteiger partial charge on any atom is -0.315 e. The van der Waals surface area contributed by atoms with Gasteiger partial charge in [-0.25, -0.2) is 0 Å². The molecule has 0 saturated heterocycles. The van der Waals surface area contributed by atoms with Gasteiger partial charge in [0.2, 0.25) is 0 Å². The molecular weight excluding hydrogens is 208 g/mol. The van der Waals surface area contributed by atoms with Crippen LogP contribution in [0.5, 0.6) is 0 Å². The van der Waals surface area contributed by atoms with Gasteiger partial charge in [-0.15, -0.1) is 0 Å². The van der Waals surface area contributed by atoms with E-state index in [1.165, 1.54) is 58.3 Å². The summed E-state index contributed by atoms with van der Waals surface area (Å²) in [5.41, 5.74) is 0. The molecule has 0 spiro atoms. The number of likely N-dealkylation sites (N-methyl/N-ethyl adjacent to an activating group) is 1. The van der Waals surface area contributed by atoms with E-state index < -0.39 is 0 Å². The summed E-state index contributed by atoms with van der Waals surface area (Å²) in [5.74, 6) is 1.98. The van der Waals surface area contributed by atoms with Crippen molar-refractivity contribution in [1.29, 1.82) is 0 Å². The van der Waals surface area contributed by atoms with E-state index in [0.717, 1.165) is 18.4 Å². The van der Waals surface area contributed by atoms with Crippen molar-refractivity contribution in [2.45, 2.75) is 52.9 Å². The molecule has 0 amide bonds. The molecule has 0 aromatic heterocycles. The van der Waals surface area contributed by atoms with E-state index in [0.29, 0.717) is 0 Å². The Hall–Kier alpha value is -0.0800. The van der Waals surface area contributed by atoms with Crippen molar-refractivity contribution in [1.82, 2.24) is 10.2 Å². The van der Waals surface area contributed by atoms with Crippen LogP contribution in [0.15, 0.2) is 0 Å². The van der Waals surface area contributed by atoms with Crippen LogP contribution < -0.4 is 5.32 Å². The number of rotatable bonds is 8. The summed E-state index contributed by atoms with van der Waals surface area (Å²) in [6.45, 7) is 12.8. The van der Waals surface area contributed by atoms with E-state index in [1.54, 1.807) is 0 Å². The number of hydrogen-bond donors (Lipinski definition) is 1. The predicted octanol–water partition coefficient (Wildman–Crippen LogP) is 3.13. The Morgan fingerprint density at radius 1 is 1.12 bits per heavy atom. The zero-order chi connectivity index (χ0) is 12.5. The van der Waals surface area contributed by atoms with Crippen LogP contribution in [0.1, 0.15) is 52.9 Å². The third kappa shape index (κ3) is 6.42. The Bertz CT molecular complexity index is 178. The second kappa shape index (κ2) is 8.93. The van der Waals surface area contributed by atoms with Crippen molar-refractivity contribution in [2.75, 3.05) is 32.7 Å². The molecule has 1 aliphatic rings. The number of nitrogens with zero attached hydrogens (tertiary/aromatic N) is 1. The largest absolute Gasteiger partial charge is 0.315 e. The van der Waals surface area contributed by atoms with Crippen molar-refractivity contribution < 1.29 is 0 Å². The highest BCUT2D eigenvalue weighted by molar-refractivity contribution is 4.71. The Kier molecular flexibility index (Phi) is 7.87. The predicted molar refractivity (Wildman–Crippen MR) is 76.4 cm³/mol. The van der Waals surface area contributed by atoms with Gasteiger partial charge in [-0.05, 0) is 44.3 Å². The first kappa shape index (κ1) is 15.0. The molecule has 1 saturated carbocycles. The van der Waals surface area contributed by atoms with Crippen LogP contribution in [0.25, 0.3) is 0 Å². The maximum absolute atomic E-state index is 3.60. The molecule has 0 aromatic rings. The molecule has 1 fully saturated rings. The number of hydrogen-bond acceptors (Lipinski definition) is 2. The van der Waals surface area contributed by atoms with E-state index in [-0.39, 0.29) is 0 Å². The van der Waals surface area contributed by atoms with Crippen molar-refractivity contribution in [3.8, 4) is 0 Å². The topological polar surface area (TPSA) is 15.3 Å². The van der Waals surface area contributed by atoms with Gasteiger partial charge in [0.25, 0.3) is 0 Å². The molecule has 1 N–H and O–H groups in total. The van der Waals surface area contributed by atoms with Crippen molar-refractivity contribution in [3.05, 3.63) is 0 Å². The van der Waals surface area contributed by atoms with Crippen LogP contribution in [0, 0.1) is 11.8 Å². The molecule has 2 nitrogen and oxygen atoms in total. The van der Waals surface area contributed by atoms with Gasteiger partial charge in [-0.1, -0.05) is 40.0 Å². The molecule has 0 radical (unpaired) electrons. The summed E-state index contributed by atoms with van der Waals surface area (Å²) < 4.78 is 0. The molecule has 2 unspecified atom stereocenters. The summed E-state index contributed by atoms with van der Waals surface area (Å²) >= 11 is 0. The molecule has 1 rings (SSSR count). The first-order chi connectivity index (χ1) is 8.26. The van der Waals surface area contributed by atoms with Crippen molar-refractivity contribution in [2.24, 2.45) is 11.8 Å². The first-order valence-electron chi connectivity index (χ1n) is 7.69. The van der Waals surface area contributed by atoms with Crippen LogP contribution in [-0.2, 0) is 0 Å². The van der Waals surface area contributed by atoms with Crippen LogP contribution in [0.3, 0.4) is 0 Å². The average Bonchev–Trinajstić information content (AvgIpc) is 2.34. The molecule has 2 atom stereocenters.